The molecule has 2 aromatic rings. The molecule has 1 N–H and O–H groups in total. The number of anilines is 1. The molecule has 0 saturated carbocycles. The highest BCUT2D eigenvalue weighted by Gasteiger charge is 2.33. The highest BCUT2D eigenvalue weighted by Crippen LogP contribution is 2.34. The molecule has 0 aromatic heterocycles. The molecular formula is C22H25F3N2O2S. The lowest BCUT2D eigenvalue weighted by atomic mass is 10.1. The van der Waals surface area contributed by atoms with Crippen LogP contribution in [0.25, 0.3) is 0 Å². The molecule has 0 radical (unpaired) electrons. The molecule has 0 aliphatic rings. The fourth-order valence-electron chi connectivity index (χ4n) is 2.77. The summed E-state index contributed by atoms with van der Waals surface area (Å²) in [6.07, 6.45) is -4.58. The summed E-state index contributed by atoms with van der Waals surface area (Å²) >= 11 is 1.36. The highest BCUT2D eigenvalue weighted by atomic mass is 32.2. The smallest absolute Gasteiger partial charge is 0.330 e. The summed E-state index contributed by atoms with van der Waals surface area (Å²) in [5.41, 5.74) is 1.03. The molecule has 0 spiro atoms. The van der Waals surface area contributed by atoms with Crippen LogP contribution in [0.5, 0.6) is 0 Å². The van der Waals surface area contributed by atoms with Crippen LogP contribution in [-0.4, -0.2) is 35.1 Å². The standard InChI is InChI=1S/C22H25F3N2O2S/c1-14(2)27(21(29)13-30-17-10-9-15(3)16(4)11-17)12-20(28)26-19-8-6-5-7-18(19)22(23,24)25/h5-11,14H,12-13H2,1-4H3,(H,26,28). The van der Waals surface area contributed by atoms with E-state index in [9.17, 15) is 22.8 Å². The van der Waals surface area contributed by atoms with Crippen LogP contribution in [0.15, 0.2) is 47.4 Å². The molecule has 8 heteroatoms. The van der Waals surface area contributed by atoms with Gasteiger partial charge in [0.1, 0.15) is 6.54 Å². The van der Waals surface area contributed by atoms with E-state index in [0.717, 1.165) is 22.1 Å². The Morgan fingerprint density at radius 2 is 1.73 bits per heavy atom. The minimum atomic E-state index is -4.58. The Labute approximate surface area is 178 Å². The first kappa shape index (κ1) is 23.8. The number of thioether (sulfide) groups is 1. The molecule has 0 unspecified atom stereocenters. The van der Waals surface area contributed by atoms with Gasteiger partial charge in [0, 0.05) is 10.9 Å². The van der Waals surface area contributed by atoms with Gasteiger partial charge in [0.15, 0.2) is 0 Å². The monoisotopic (exact) mass is 438 g/mol. The average Bonchev–Trinajstić information content (AvgIpc) is 2.66. The lowest BCUT2D eigenvalue weighted by Crippen LogP contribution is -2.43. The van der Waals surface area contributed by atoms with Crippen molar-refractivity contribution in [2.75, 3.05) is 17.6 Å². The van der Waals surface area contributed by atoms with Crippen molar-refractivity contribution in [2.45, 2.75) is 44.8 Å². The average molecular weight is 439 g/mol. The molecule has 30 heavy (non-hydrogen) atoms. The van der Waals surface area contributed by atoms with Gasteiger partial charge in [-0.15, -0.1) is 11.8 Å². The lowest BCUT2D eigenvalue weighted by Gasteiger charge is -2.26. The Bertz CT molecular complexity index is 913. The maximum Gasteiger partial charge on any atom is 0.418 e. The van der Waals surface area contributed by atoms with Crippen molar-refractivity contribution in [1.29, 1.82) is 0 Å². The van der Waals surface area contributed by atoms with Crippen molar-refractivity contribution in [1.82, 2.24) is 4.90 Å². The van der Waals surface area contributed by atoms with Crippen LogP contribution in [0.3, 0.4) is 0 Å². The van der Waals surface area contributed by atoms with Crippen molar-refractivity contribution in [3.05, 3.63) is 59.2 Å². The van der Waals surface area contributed by atoms with E-state index >= 15 is 0 Å². The predicted octanol–water partition coefficient (Wildman–Crippen LogP) is 5.29. The number of carbonyl (C=O) groups excluding carboxylic acids is 2. The Balaban J connectivity index is 2.03. The molecule has 0 atom stereocenters. The van der Waals surface area contributed by atoms with Crippen molar-refractivity contribution >= 4 is 29.3 Å². The van der Waals surface area contributed by atoms with Gasteiger partial charge < -0.3 is 10.2 Å². The number of nitrogens with one attached hydrogen (secondary N) is 1. The van der Waals surface area contributed by atoms with Gasteiger partial charge >= 0.3 is 6.18 Å². The third-order valence-corrected chi connectivity index (χ3v) is 5.58. The summed E-state index contributed by atoms with van der Waals surface area (Å²) < 4.78 is 39.3. The van der Waals surface area contributed by atoms with Gasteiger partial charge in [-0.2, -0.15) is 13.2 Å². The van der Waals surface area contributed by atoms with Crippen LogP contribution in [-0.2, 0) is 15.8 Å². The first-order valence-corrected chi connectivity index (χ1v) is 10.4. The van der Waals surface area contributed by atoms with Crippen molar-refractivity contribution in [3.63, 3.8) is 0 Å². The number of aryl methyl sites for hydroxylation is 2. The Morgan fingerprint density at radius 1 is 1.07 bits per heavy atom. The van der Waals surface area contributed by atoms with Crippen molar-refractivity contribution in [3.8, 4) is 0 Å². The zero-order valence-corrected chi connectivity index (χ0v) is 18.2. The van der Waals surface area contributed by atoms with Gasteiger partial charge in [0.2, 0.25) is 11.8 Å². The van der Waals surface area contributed by atoms with E-state index < -0.39 is 17.6 Å². The van der Waals surface area contributed by atoms with Crippen LogP contribution in [0.4, 0.5) is 18.9 Å². The highest BCUT2D eigenvalue weighted by molar-refractivity contribution is 8.00. The molecule has 2 amide bonds. The number of rotatable bonds is 7. The number of hydrogen-bond donors (Lipinski definition) is 1. The van der Waals surface area contributed by atoms with Crippen LogP contribution in [0, 0.1) is 13.8 Å². The van der Waals surface area contributed by atoms with Crippen LogP contribution < -0.4 is 5.32 Å². The second kappa shape index (κ2) is 10.0. The molecule has 0 heterocycles. The maximum atomic E-state index is 13.1. The number of para-hydroxylation sites is 1. The number of amides is 2. The first-order chi connectivity index (χ1) is 14.0. The quantitative estimate of drug-likeness (QED) is 0.598. The fraction of sp³-hybridized carbons (Fsp3) is 0.364. The van der Waals surface area contributed by atoms with Gasteiger partial charge in [-0.3, -0.25) is 9.59 Å². The van der Waals surface area contributed by atoms with Gasteiger partial charge in [-0.25, -0.2) is 0 Å². The second-order valence-electron chi connectivity index (χ2n) is 7.24. The number of benzene rings is 2. The predicted molar refractivity (Wildman–Crippen MR) is 114 cm³/mol. The molecule has 0 aliphatic carbocycles. The lowest BCUT2D eigenvalue weighted by molar-refractivity contribution is -0.137. The maximum absolute atomic E-state index is 13.1. The number of hydrogen-bond acceptors (Lipinski definition) is 3. The van der Waals surface area contributed by atoms with Crippen LogP contribution in [0.1, 0.15) is 30.5 Å². The van der Waals surface area contributed by atoms with E-state index in [-0.39, 0.29) is 29.9 Å². The Hall–Kier alpha value is -2.48. The molecule has 162 valence electrons. The van der Waals surface area contributed by atoms with Crippen molar-refractivity contribution < 1.29 is 22.8 Å². The Kier molecular flexibility index (Phi) is 7.95. The zero-order valence-electron chi connectivity index (χ0n) is 17.3. The fourth-order valence-corrected chi connectivity index (χ4v) is 3.65. The van der Waals surface area contributed by atoms with E-state index in [4.69, 9.17) is 0 Å². The topological polar surface area (TPSA) is 49.4 Å². The summed E-state index contributed by atoms with van der Waals surface area (Å²) in [6.45, 7) is 7.19. The zero-order chi connectivity index (χ0) is 22.5. The largest absolute Gasteiger partial charge is 0.418 e. The normalized spacial score (nSPS) is 11.5. The summed E-state index contributed by atoms with van der Waals surface area (Å²) in [5.74, 6) is -0.801. The van der Waals surface area contributed by atoms with E-state index in [0.29, 0.717) is 0 Å². The summed E-state index contributed by atoms with van der Waals surface area (Å²) in [7, 11) is 0. The van der Waals surface area contributed by atoms with E-state index in [1.54, 1.807) is 13.8 Å². The minimum Gasteiger partial charge on any atom is -0.330 e. The summed E-state index contributed by atoms with van der Waals surface area (Å²) in [5, 5.41) is 2.29. The van der Waals surface area contributed by atoms with Crippen molar-refractivity contribution in [2.24, 2.45) is 0 Å². The number of halogens is 3. The minimum absolute atomic E-state index is 0.132. The summed E-state index contributed by atoms with van der Waals surface area (Å²) in [4.78, 5) is 27.4. The van der Waals surface area contributed by atoms with Gasteiger partial charge in [-0.1, -0.05) is 18.2 Å². The Morgan fingerprint density at radius 3 is 2.33 bits per heavy atom. The van der Waals surface area contributed by atoms with Gasteiger partial charge in [0.25, 0.3) is 0 Å². The van der Waals surface area contributed by atoms with E-state index in [1.807, 2.05) is 32.0 Å². The molecule has 0 saturated heterocycles. The van der Waals surface area contributed by atoms with Gasteiger partial charge in [-0.05, 0) is 63.1 Å². The molecule has 2 rings (SSSR count). The number of carbonyl (C=O) groups is 2. The molecular weight excluding hydrogens is 413 g/mol. The number of nitrogens with zero attached hydrogens (tertiary/aromatic N) is 1. The molecule has 0 fully saturated rings. The van der Waals surface area contributed by atoms with Crippen LogP contribution >= 0.6 is 11.8 Å². The van der Waals surface area contributed by atoms with E-state index in [1.165, 1.54) is 34.9 Å². The molecule has 0 aliphatic heterocycles. The molecule has 4 nitrogen and oxygen atoms in total. The third kappa shape index (κ3) is 6.52. The van der Waals surface area contributed by atoms with Crippen LogP contribution in [0.2, 0.25) is 0 Å². The summed E-state index contributed by atoms with van der Waals surface area (Å²) in [6, 6.07) is 10.4. The second-order valence-corrected chi connectivity index (χ2v) is 8.29. The molecule has 2 aromatic carbocycles. The van der Waals surface area contributed by atoms with Gasteiger partial charge in [0.05, 0.1) is 17.0 Å². The number of alkyl halides is 3. The van der Waals surface area contributed by atoms with E-state index in [2.05, 4.69) is 5.32 Å². The SMILES string of the molecule is Cc1ccc(SCC(=O)N(CC(=O)Nc2ccccc2C(F)(F)F)C(C)C)cc1C. The first-order valence-electron chi connectivity index (χ1n) is 9.44. The molecule has 0 bridgehead atoms. The third-order valence-electron chi connectivity index (χ3n) is 4.60.